The van der Waals surface area contributed by atoms with Gasteiger partial charge in [-0.2, -0.15) is 0 Å². The second-order valence-corrected chi connectivity index (χ2v) is 6.47. The Kier molecular flexibility index (Phi) is 5.00. The molecule has 1 aliphatic rings. The number of aromatic carboxylic acids is 1. The maximum absolute atomic E-state index is 11.4. The van der Waals surface area contributed by atoms with E-state index in [2.05, 4.69) is 9.88 Å². The molecule has 138 valence electrons. The highest BCUT2D eigenvalue weighted by molar-refractivity contribution is 5.95. The van der Waals surface area contributed by atoms with Crippen LogP contribution < -0.4 is 0 Å². The molecule has 0 spiro atoms. The number of aromatic nitrogens is 1. The van der Waals surface area contributed by atoms with Gasteiger partial charge in [-0.3, -0.25) is 9.88 Å². The summed E-state index contributed by atoms with van der Waals surface area (Å²) in [6, 6.07) is 16.4. The van der Waals surface area contributed by atoms with E-state index in [0.717, 1.165) is 24.5 Å². The number of carbonyl (C=O) groups is 1. The molecule has 0 bridgehead atoms. The summed E-state index contributed by atoms with van der Waals surface area (Å²) in [6.07, 6.45) is 1.72. The number of benzene rings is 1. The third-order valence-electron chi connectivity index (χ3n) is 4.63. The van der Waals surface area contributed by atoms with E-state index >= 15 is 0 Å². The van der Waals surface area contributed by atoms with Crippen molar-refractivity contribution >= 4 is 5.97 Å². The first-order chi connectivity index (χ1) is 13.2. The highest BCUT2D eigenvalue weighted by atomic mass is 16.5. The highest BCUT2D eigenvalue weighted by Crippen LogP contribution is 2.27. The van der Waals surface area contributed by atoms with E-state index in [9.17, 15) is 9.90 Å². The molecule has 1 aliphatic heterocycles. The maximum atomic E-state index is 11.4. The molecule has 0 aliphatic carbocycles. The zero-order chi connectivity index (χ0) is 18.6. The number of pyridine rings is 1. The van der Waals surface area contributed by atoms with Gasteiger partial charge in [0.2, 0.25) is 0 Å². The minimum atomic E-state index is -0.963. The summed E-state index contributed by atoms with van der Waals surface area (Å²) in [5.41, 5.74) is 1.75. The van der Waals surface area contributed by atoms with E-state index in [1.165, 1.54) is 0 Å². The Morgan fingerprint density at radius 3 is 2.81 bits per heavy atom. The van der Waals surface area contributed by atoms with Gasteiger partial charge in [-0.15, -0.1) is 0 Å². The molecule has 1 N–H and O–H groups in total. The Bertz CT molecular complexity index is 923. The van der Waals surface area contributed by atoms with Crippen LogP contribution in [0.2, 0.25) is 0 Å². The van der Waals surface area contributed by atoms with Crippen LogP contribution in [0.5, 0.6) is 0 Å². The highest BCUT2D eigenvalue weighted by Gasteiger charge is 2.24. The van der Waals surface area contributed by atoms with Gasteiger partial charge in [0.05, 0.1) is 24.4 Å². The van der Waals surface area contributed by atoms with E-state index in [1.807, 2.05) is 36.4 Å². The molecule has 27 heavy (non-hydrogen) atoms. The monoisotopic (exact) mass is 364 g/mol. The molecule has 2 aromatic heterocycles. The van der Waals surface area contributed by atoms with E-state index in [4.69, 9.17) is 9.15 Å². The molecule has 1 fully saturated rings. The average molecular weight is 364 g/mol. The van der Waals surface area contributed by atoms with Crippen molar-refractivity contribution < 1.29 is 19.1 Å². The minimum absolute atomic E-state index is 0.0536. The van der Waals surface area contributed by atoms with Crippen molar-refractivity contribution in [2.24, 2.45) is 0 Å². The topological polar surface area (TPSA) is 75.8 Å². The summed E-state index contributed by atoms with van der Waals surface area (Å²) in [5, 5.41) is 9.36. The standard InChI is InChI=1S/C21H20N2O4/c24-21(25)17-6-2-1-5-16(17)19-9-8-15(27-19)13-23-11-12-26-20(14-23)18-7-3-4-10-22-18/h1-10,20H,11-14H2,(H,24,25)/t20-/m0/s1. The lowest BCUT2D eigenvalue weighted by atomic mass is 10.1. The largest absolute Gasteiger partial charge is 0.478 e. The van der Waals surface area contributed by atoms with Crippen LogP contribution in [0.1, 0.15) is 27.9 Å². The molecule has 6 heteroatoms. The molecule has 1 atom stereocenters. The Morgan fingerprint density at radius 2 is 2.00 bits per heavy atom. The Labute approximate surface area is 157 Å². The number of hydrogen-bond acceptors (Lipinski definition) is 5. The second-order valence-electron chi connectivity index (χ2n) is 6.47. The molecular weight excluding hydrogens is 344 g/mol. The predicted octanol–water partition coefficient (Wildman–Crippen LogP) is 3.61. The molecular formula is C21H20N2O4. The number of nitrogens with zero attached hydrogens (tertiary/aromatic N) is 2. The average Bonchev–Trinajstić information content (AvgIpc) is 3.17. The number of hydrogen-bond donors (Lipinski definition) is 1. The number of ether oxygens (including phenoxy) is 1. The first-order valence-electron chi connectivity index (χ1n) is 8.87. The van der Waals surface area contributed by atoms with Gasteiger partial charge < -0.3 is 14.3 Å². The lowest BCUT2D eigenvalue weighted by Gasteiger charge is -2.32. The van der Waals surface area contributed by atoms with Gasteiger partial charge in [0.15, 0.2) is 0 Å². The molecule has 3 aromatic rings. The van der Waals surface area contributed by atoms with Crippen molar-refractivity contribution in [3.05, 3.63) is 77.8 Å². The van der Waals surface area contributed by atoms with Crippen molar-refractivity contribution in [1.82, 2.24) is 9.88 Å². The molecule has 0 amide bonds. The molecule has 1 aromatic carbocycles. The normalized spacial score (nSPS) is 17.7. The fraction of sp³-hybridized carbons (Fsp3) is 0.238. The van der Waals surface area contributed by atoms with E-state index in [0.29, 0.717) is 24.5 Å². The lowest BCUT2D eigenvalue weighted by molar-refractivity contribution is -0.0366. The summed E-state index contributed by atoms with van der Waals surface area (Å²) in [6.45, 7) is 2.82. The van der Waals surface area contributed by atoms with Gasteiger partial charge in [0.1, 0.15) is 17.6 Å². The first kappa shape index (κ1) is 17.5. The summed E-state index contributed by atoms with van der Waals surface area (Å²) in [7, 11) is 0. The zero-order valence-electron chi connectivity index (χ0n) is 14.7. The third kappa shape index (κ3) is 3.92. The summed E-state index contributed by atoms with van der Waals surface area (Å²) in [4.78, 5) is 18.1. The fourth-order valence-corrected chi connectivity index (χ4v) is 3.30. The number of morpholine rings is 1. The first-order valence-corrected chi connectivity index (χ1v) is 8.87. The van der Waals surface area contributed by atoms with Gasteiger partial charge in [-0.05, 0) is 30.3 Å². The van der Waals surface area contributed by atoms with Gasteiger partial charge >= 0.3 is 5.97 Å². The zero-order valence-corrected chi connectivity index (χ0v) is 14.7. The summed E-state index contributed by atoms with van der Waals surface area (Å²) in [5.74, 6) is 0.402. The van der Waals surface area contributed by atoms with Gasteiger partial charge in [-0.1, -0.05) is 24.3 Å². The predicted molar refractivity (Wildman–Crippen MR) is 99.3 cm³/mol. The van der Waals surface area contributed by atoms with Crippen LogP contribution in [0.3, 0.4) is 0 Å². The lowest BCUT2D eigenvalue weighted by Crippen LogP contribution is -2.38. The molecule has 0 unspecified atom stereocenters. The summed E-state index contributed by atoms with van der Waals surface area (Å²) < 4.78 is 11.8. The van der Waals surface area contributed by atoms with E-state index in [-0.39, 0.29) is 11.7 Å². The fourth-order valence-electron chi connectivity index (χ4n) is 3.30. The molecule has 0 saturated carbocycles. The molecule has 3 heterocycles. The van der Waals surface area contributed by atoms with Crippen LogP contribution >= 0.6 is 0 Å². The van der Waals surface area contributed by atoms with Gasteiger partial charge in [-0.25, -0.2) is 4.79 Å². The minimum Gasteiger partial charge on any atom is -0.478 e. The van der Waals surface area contributed by atoms with Crippen molar-refractivity contribution in [2.75, 3.05) is 19.7 Å². The van der Waals surface area contributed by atoms with Crippen LogP contribution in [-0.4, -0.2) is 40.7 Å². The third-order valence-corrected chi connectivity index (χ3v) is 4.63. The number of furan rings is 1. The van der Waals surface area contributed by atoms with Crippen molar-refractivity contribution in [2.45, 2.75) is 12.6 Å². The quantitative estimate of drug-likeness (QED) is 0.745. The van der Waals surface area contributed by atoms with Crippen LogP contribution in [0.4, 0.5) is 0 Å². The van der Waals surface area contributed by atoms with Gasteiger partial charge in [0.25, 0.3) is 0 Å². The van der Waals surface area contributed by atoms with Crippen molar-refractivity contribution in [3.8, 4) is 11.3 Å². The number of carboxylic acids is 1. The SMILES string of the molecule is O=C(O)c1ccccc1-c1ccc(CN2CCO[C@H](c3ccccn3)C2)o1. The van der Waals surface area contributed by atoms with Crippen LogP contribution in [0, 0.1) is 0 Å². The maximum Gasteiger partial charge on any atom is 0.336 e. The molecule has 0 radical (unpaired) electrons. The smallest absolute Gasteiger partial charge is 0.336 e. The molecule has 1 saturated heterocycles. The summed E-state index contributed by atoms with van der Waals surface area (Å²) >= 11 is 0. The van der Waals surface area contributed by atoms with Gasteiger partial charge in [0, 0.05) is 24.8 Å². The van der Waals surface area contributed by atoms with E-state index in [1.54, 1.807) is 24.4 Å². The van der Waals surface area contributed by atoms with Crippen molar-refractivity contribution in [3.63, 3.8) is 0 Å². The van der Waals surface area contributed by atoms with Crippen LogP contribution in [0.25, 0.3) is 11.3 Å². The van der Waals surface area contributed by atoms with Crippen LogP contribution in [0.15, 0.2) is 65.2 Å². The van der Waals surface area contributed by atoms with Crippen molar-refractivity contribution in [1.29, 1.82) is 0 Å². The number of carboxylic acid groups (broad SMARTS) is 1. The van der Waals surface area contributed by atoms with Crippen LogP contribution in [-0.2, 0) is 11.3 Å². The molecule has 6 nitrogen and oxygen atoms in total. The van der Waals surface area contributed by atoms with E-state index < -0.39 is 5.97 Å². The Balaban J connectivity index is 1.48. The second kappa shape index (κ2) is 7.73. The molecule has 4 rings (SSSR count). The number of rotatable bonds is 5. The Hall–Kier alpha value is -2.96. The Morgan fingerprint density at radius 1 is 1.15 bits per heavy atom.